The lowest BCUT2D eigenvalue weighted by Gasteiger charge is -2.21. The van der Waals surface area contributed by atoms with Crippen LogP contribution in [0.1, 0.15) is 6.92 Å². The van der Waals surface area contributed by atoms with Crippen LogP contribution in [0.4, 0.5) is 0 Å². The third kappa shape index (κ3) is 1.62. The second-order valence-electron chi connectivity index (χ2n) is 1.73. The number of hydrogen-bond acceptors (Lipinski definition) is 6. The van der Waals surface area contributed by atoms with Gasteiger partial charge in [-0.2, -0.15) is 19.4 Å². The molecule has 0 radical (unpaired) electrons. The van der Waals surface area contributed by atoms with Crippen molar-refractivity contribution in [3.05, 3.63) is 0 Å². The highest BCUT2D eigenvalue weighted by Gasteiger charge is 2.37. The van der Waals surface area contributed by atoms with Crippen molar-refractivity contribution < 1.29 is 23.4 Å². The fourth-order valence-corrected chi connectivity index (χ4v) is 0.371. The summed E-state index contributed by atoms with van der Waals surface area (Å²) in [7, 11) is -4.59. The van der Waals surface area contributed by atoms with Crippen molar-refractivity contribution in [2.24, 2.45) is 0 Å². The topological polar surface area (TPSA) is 119 Å². The molecule has 0 saturated heterocycles. The molecule has 0 aliphatic carbocycles. The molecule has 0 aromatic heterocycles. The zero-order valence-electron chi connectivity index (χ0n) is 5.07. The van der Waals surface area contributed by atoms with Crippen molar-refractivity contribution >= 4 is 10.1 Å². The van der Waals surface area contributed by atoms with E-state index in [1.54, 1.807) is 0 Å². The Labute approximate surface area is 57.3 Å². The van der Waals surface area contributed by atoms with Gasteiger partial charge in [-0.3, -0.25) is 4.55 Å². The predicted octanol–water partition coefficient (Wildman–Crippen LogP) is -1.49. The van der Waals surface area contributed by atoms with E-state index in [0.717, 1.165) is 6.92 Å². The maximum atomic E-state index is 10.2. The van der Waals surface area contributed by atoms with Gasteiger partial charge in [-0.1, -0.05) is 0 Å². The highest BCUT2D eigenvalue weighted by Crippen LogP contribution is 2.04. The van der Waals surface area contributed by atoms with E-state index in [4.69, 9.17) is 15.0 Å². The minimum absolute atomic E-state index is 0.822. The molecule has 7 nitrogen and oxygen atoms in total. The molecule has 10 heavy (non-hydrogen) atoms. The van der Waals surface area contributed by atoms with Gasteiger partial charge >= 0.3 is 10.1 Å². The summed E-state index contributed by atoms with van der Waals surface area (Å²) in [5, 5.41) is 16.2. The summed E-state index contributed by atoms with van der Waals surface area (Å²) in [5.41, 5.74) is 2.34. The van der Waals surface area contributed by atoms with E-state index in [9.17, 15) is 8.42 Å². The van der Waals surface area contributed by atoms with E-state index >= 15 is 0 Å². The first kappa shape index (κ1) is 9.75. The standard InChI is InChI=1S/C2H8N2O5S/c1-2(3-5,4-6)10(7,8)9/h3-6H,1H3,(H,7,8,9). The van der Waals surface area contributed by atoms with Crippen LogP contribution in [0.25, 0.3) is 0 Å². The van der Waals surface area contributed by atoms with Gasteiger partial charge in [0.05, 0.1) is 0 Å². The summed E-state index contributed by atoms with van der Waals surface area (Å²) in [6.07, 6.45) is 0. The predicted molar refractivity (Wildman–Crippen MR) is 29.8 cm³/mol. The molecule has 0 aliphatic rings. The molecule has 0 fully saturated rings. The van der Waals surface area contributed by atoms with E-state index in [-0.39, 0.29) is 0 Å². The first-order chi connectivity index (χ1) is 4.37. The van der Waals surface area contributed by atoms with Crippen molar-refractivity contribution in [1.82, 2.24) is 11.0 Å². The summed E-state index contributed by atoms with van der Waals surface area (Å²) in [6, 6.07) is 0. The summed E-state index contributed by atoms with van der Waals surface area (Å²) >= 11 is 0. The van der Waals surface area contributed by atoms with Crippen molar-refractivity contribution in [2.75, 3.05) is 0 Å². The summed E-state index contributed by atoms with van der Waals surface area (Å²) in [5.74, 6) is 0. The number of hydrogen-bond donors (Lipinski definition) is 5. The number of nitrogens with one attached hydrogen (secondary N) is 2. The summed E-state index contributed by atoms with van der Waals surface area (Å²) in [4.78, 5) is -2.34. The summed E-state index contributed by atoms with van der Waals surface area (Å²) in [6.45, 7) is 0.822. The lowest BCUT2D eigenvalue weighted by atomic mass is 10.6. The monoisotopic (exact) mass is 172 g/mol. The van der Waals surface area contributed by atoms with Gasteiger partial charge in [0.25, 0.3) is 0 Å². The molecule has 0 aromatic carbocycles. The Hall–Kier alpha value is -0.250. The Kier molecular flexibility index (Phi) is 2.71. The molecule has 0 spiro atoms. The highest BCUT2D eigenvalue weighted by molar-refractivity contribution is 7.87. The largest absolute Gasteiger partial charge is 0.314 e. The minimum Gasteiger partial charge on any atom is -0.314 e. The van der Waals surface area contributed by atoms with E-state index in [1.165, 1.54) is 11.0 Å². The molecule has 0 aliphatic heterocycles. The van der Waals surface area contributed by atoms with Crippen LogP contribution in [0.2, 0.25) is 0 Å². The van der Waals surface area contributed by atoms with Gasteiger partial charge in [0, 0.05) is 0 Å². The first-order valence-corrected chi connectivity index (χ1v) is 3.61. The van der Waals surface area contributed by atoms with Gasteiger partial charge < -0.3 is 10.4 Å². The Morgan fingerprint density at radius 1 is 1.30 bits per heavy atom. The van der Waals surface area contributed by atoms with Crippen LogP contribution in [0, 0.1) is 0 Å². The third-order valence-corrected chi connectivity index (χ3v) is 2.16. The van der Waals surface area contributed by atoms with Crippen molar-refractivity contribution in [3.8, 4) is 0 Å². The molecule has 62 valence electrons. The zero-order valence-corrected chi connectivity index (χ0v) is 5.88. The first-order valence-electron chi connectivity index (χ1n) is 2.17. The molecule has 0 saturated carbocycles. The van der Waals surface area contributed by atoms with E-state index in [0.29, 0.717) is 0 Å². The van der Waals surface area contributed by atoms with Crippen LogP contribution in [-0.4, -0.2) is 28.4 Å². The zero-order chi connectivity index (χ0) is 8.41. The van der Waals surface area contributed by atoms with Gasteiger partial charge in [0.1, 0.15) is 0 Å². The van der Waals surface area contributed by atoms with Crippen molar-refractivity contribution in [2.45, 2.75) is 11.9 Å². The van der Waals surface area contributed by atoms with Crippen LogP contribution < -0.4 is 11.0 Å². The molecule has 0 amide bonds. The summed E-state index contributed by atoms with van der Waals surface area (Å²) < 4.78 is 28.7. The van der Waals surface area contributed by atoms with Gasteiger partial charge in [-0.05, 0) is 6.92 Å². The molecule has 0 heterocycles. The molecule has 0 unspecified atom stereocenters. The fraction of sp³-hybridized carbons (Fsp3) is 1.00. The molecule has 0 atom stereocenters. The average Bonchev–Trinajstić information content (AvgIpc) is 1.84. The van der Waals surface area contributed by atoms with Gasteiger partial charge in [0.15, 0.2) is 0 Å². The molecule has 5 N–H and O–H groups in total. The molecular weight excluding hydrogens is 164 g/mol. The average molecular weight is 172 g/mol. The molecule has 8 heteroatoms. The SMILES string of the molecule is CC(NO)(NO)S(=O)(=O)O. The van der Waals surface area contributed by atoms with Gasteiger partial charge in [-0.25, -0.2) is 0 Å². The Bertz CT molecular complexity index is 194. The van der Waals surface area contributed by atoms with Crippen molar-refractivity contribution in [3.63, 3.8) is 0 Å². The van der Waals surface area contributed by atoms with Crippen LogP contribution in [0.3, 0.4) is 0 Å². The van der Waals surface area contributed by atoms with Crippen LogP contribution in [0.5, 0.6) is 0 Å². The second-order valence-corrected chi connectivity index (χ2v) is 3.50. The Morgan fingerprint density at radius 3 is 1.60 bits per heavy atom. The molecule has 0 rings (SSSR count). The Morgan fingerprint density at radius 2 is 1.60 bits per heavy atom. The minimum atomic E-state index is -4.59. The maximum absolute atomic E-state index is 10.2. The molecular formula is C2H8N2O5S. The van der Waals surface area contributed by atoms with Crippen LogP contribution in [-0.2, 0) is 10.1 Å². The third-order valence-electron chi connectivity index (χ3n) is 0.943. The smallest absolute Gasteiger partial charge is 0.301 e. The normalized spacial score (nSPS) is 13.6. The van der Waals surface area contributed by atoms with Gasteiger partial charge in [0.2, 0.25) is 4.99 Å². The lowest BCUT2D eigenvalue weighted by Crippen LogP contribution is -2.57. The highest BCUT2D eigenvalue weighted by atomic mass is 32.2. The number of hydroxylamine groups is 2. The maximum Gasteiger partial charge on any atom is 0.301 e. The van der Waals surface area contributed by atoms with E-state index in [2.05, 4.69) is 0 Å². The molecule has 0 aromatic rings. The van der Waals surface area contributed by atoms with Crippen LogP contribution in [0.15, 0.2) is 0 Å². The second kappa shape index (κ2) is 2.78. The van der Waals surface area contributed by atoms with Gasteiger partial charge in [-0.15, -0.1) is 0 Å². The quantitative estimate of drug-likeness (QED) is 0.200. The lowest BCUT2D eigenvalue weighted by molar-refractivity contribution is 0.00690. The fourth-order valence-electron chi connectivity index (χ4n) is 0.140. The van der Waals surface area contributed by atoms with E-state index in [1.807, 2.05) is 0 Å². The van der Waals surface area contributed by atoms with Crippen LogP contribution >= 0.6 is 0 Å². The van der Waals surface area contributed by atoms with Crippen molar-refractivity contribution in [1.29, 1.82) is 0 Å². The Balaban J connectivity index is 4.68. The van der Waals surface area contributed by atoms with E-state index < -0.39 is 15.1 Å². The number of rotatable bonds is 3. The molecule has 0 bridgehead atoms.